The van der Waals surface area contributed by atoms with Gasteiger partial charge in [0.15, 0.2) is 0 Å². The second-order valence-corrected chi connectivity index (χ2v) is 6.39. The van der Waals surface area contributed by atoms with Crippen LogP contribution in [-0.2, 0) is 7.05 Å². The maximum atomic E-state index is 13.0. The number of aliphatic hydroxyl groups excluding tert-OH is 1. The Morgan fingerprint density at radius 1 is 1.26 bits per heavy atom. The van der Waals surface area contributed by atoms with Crippen LogP contribution < -0.4 is 5.56 Å². The molecule has 27 heavy (non-hydrogen) atoms. The molecule has 0 amide bonds. The van der Waals surface area contributed by atoms with Crippen molar-refractivity contribution in [1.82, 2.24) is 29.3 Å². The van der Waals surface area contributed by atoms with Crippen LogP contribution in [0.1, 0.15) is 13.0 Å². The van der Waals surface area contributed by atoms with Crippen molar-refractivity contribution in [3.05, 3.63) is 59.7 Å². The van der Waals surface area contributed by atoms with Crippen LogP contribution in [-0.4, -0.2) is 41.0 Å². The smallest absolute Gasteiger partial charge is 0.261 e. The first-order chi connectivity index (χ1) is 13.1. The van der Waals surface area contributed by atoms with Gasteiger partial charge in [-0.2, -0.15) is 5.10 Å². The number of hydrogen-bond acceptors (Lipinski definition) is 6. The number of rotatable bonds is 4. The number of hydrogen-bond donors (Lipinski definition) is 1. The summed E-state index contributed by atoms with van der Waals surface area (Å²) in [7, 11) is 1.82. The molecule has 8 heteroatoms. The lowest BCUT2D eigenvalue weighted by Gasteiger charge is -2.14. The Balaban J connectivity index is 2.06. The van der Waals surface area contributed by atoms with E-state index in [9.17, 15) is 9.90 Å². The second kappa shape index (κ2) is 6.73. The molecular weight excluding hydrogens is 344 g/mol. The number of aliphatic hydroxyl groups is 1. The molecule has 8 nitrogen and oxygen atoms in total. The lowest BCUT2D eigenvalue weighted by molar-refractivity contribution is 0.236. The quantitative estimate of drug-likeness (QED) is 0.594. The average molecular weight is 362 g/mol. The monoisotopic (exact) mass is 362 g/mol. The highest BCUT2D eigenvalue weighted by Crippen LogP contribution is 2.28. The van der Waals surface area contributed by atoms with Crippen molar-refractivity contribution in [2.24, 2.45) is 7.05 Å². The summed E-state index contributed by atoms with van der Waals surface area (Å²) in [6.07, 6.45) is 8.37. The van der Waals surface area contributed by atoms with E-state index in [0.29, 0.717) is 22.3 Å². The van der Waals surface area contributed by atoms with Gasteiger partial charge in [0.1, 0.15) is 11.2 Å². The van der Waals surface area contributed by atoms with E-state index in [1.807, 2.05) is 25.4 Å². The van der Waals surface area contributed by atoms with Crippen LogP contribution in [0.5, 0.6) is 0 Å². The van der Waals surface area contributed by atoms with Crippen LogP contribution in [0, 0.1) is 0 Å². The van der Waals surface area contributed by atoms with Gasteiger partial charge in [0, 0.05) is 36.8 Å². The van der Waals surface area contributed by atoms with Crippen molar-refractivity contribution < 1.29 is 5.11 Å². The van der Waals surface area contributed by atoms with Gasteiger partial charge >= 0.3 is 0 Å². The molecule has 0 radical (unpaired) electrons. The number of aryl methyl sites for hydroxylation is 1. The molecule has 4 heterocycles. The van der Waals surface area contributed by atoms with Crippen LogP contribution in [0.25, 0.3) is 33.4 Å². The Morgan fingerprint density at radius 2 is 2.11 bits per heavy atom. The lowest BCUT2D eigenvalue weighted by atomic mass is 10.1. The van der Waals surface area contributed by atoms with Crippen molar-refractivity contribution in [2.45, 2.75) is 13.0 Å². The number of nitrogens with zero attached hydrogens (tertiary/aromatic N) is 6. The second-order valence-electron chi connectivity index (χ2n) is 6.39. The molecule has 0 bridgehead atoms. The molecule has 0 fully saturated rings. The number of aromatic nitrogens is 6. The molecular formula is C19H18N6O2. The molecule has 0 saturated heterocycles. The summed E-state index contributed by atoms with van der Waals surface area (Å²) in [6, 6.07) is 5.06. The van der Waals surface area contributed by atoms with E-state index in [4.69, 9.17) is 4.98 Å². The molecule has 0 aliphatic carbocycles. The predicted octanol–water partition coefficient (Wildman–Crippen LogP) is 1.81. The van der Waals surface area contributed by atoms with Crippen molar-refractivity contribution in [3.8, 4) is 22.5 Å². The van der Waals surface area contributed by atoms with Gasteiger partial charge in [0.2, 0.25) is 0 Å². The fourth-order valence-electron chi connectivity index (χ4n) is 2.95. The van der Waals surface area contributed by atoms with Crippen LogP contribution in [0.3, 0.4) is 0 Å². The van der Waals surface area contributed by atoms with Gasteiger partial charge in [-0.15, -0.1) is 0 Å². The largest absolute Gasteiger partial charge is 0.394 e. The van der Waals surface area contributed by atoms with Crippen molar-refractivity contribution in [2.75, 3.05) is 6.61 Å². The minimum Gasteiger partial charge on any atom is -0.394 e. The standard InChI is InChI=1S/C19H18N6O2/c1-12(10-26)25-11-21-18-15(19(25)27)6-16(13-4-3-5-20-7-13)23-17(18)14-8-22-24(2)9-14/h3-9,11-12,26H,10H2,1-2H3. The molecule has 0 aliphatic heterocycles. The Bertz CT molecular complexity index is 1170. The molecule has 0 aromatic carbocycles. The van der Waals surface area contributed by atoms with Gasteiger partial charge in [-0.05, 0) is 25.1 Å². The molecule has 4 rings (SSSR count). The first-order valence-corrected chi connectivity index (χ1v) is 8.50. The zero-order valence-corrected chi connectivity index (χ0v) is 14.9. The first-order valence-electron chi connectivity index (χ1n) is 8.50. The van der Waals surface area contributed by atoms with Crippen LogP contribution in [0.2, 0.25) is 0 Å². The summed E-state index contributed by atoms with van der Waals surface area (Å²) in [5.74, 6) is 0. The van der Waals surface area contributed by atoms with Crippen molar-refractivity contribution in [1.29, 1.82) is 0 Å². The third-order valence-corrected chi connectivity index (χ3v) is 4.44. The first kappa shape index (κ1) is 17.0. The van der Waals surface area contributed by atoms with E-state index >= 15 is 0 Å². The van der Waals surface area contributed by atoms with Crippen LogP contribution >= 0.6 is 0 Å². The molecule has 1 unspecified atom stereocenters. The summed E-state index contributed by atoms with van der Waals surface area (Å²) in [5, 5.41) is 14.1. The molecule has 136 valence electrons. The fourth-order valence-corrected chi connectivity index (χ4v) is 2.95. The van der Waals surface area contributed by atoms with Crippen LogP contribution in [0.4, 0.5) is 0 Å². The Morgan fingerprint density at radius 3 is 2.78 bits per heavy atom. The predicted molar refractivity (Wildman–Crippen MR) is 101 cm³/mol. The van der Waals surface area contributed by atoms with Crippen molar-refractivity contribution in [3.63, 3.8) is 0 Å². The van der Waals surface area contributed by atoms with Gasteiger partial charge in [0.25, 0.3) is 5.56 Å². The Hall–Kier alpha value is -3.39. The summed E-state index contributed by atoms with van der Waals surface area (Å²) >= 11 is 0. The summed E-state index contributed by atoms with van der Waals surface area (Å²) < 4.78 is 3.11. The Kier molecular flexibility index (Phi) is 4.25. The normalized spacial score (nSPS) is 12.4. The van der Waals surface area contributed by atoms with E-state index in [-0.39, 0.29) is 18.2 Å². The topological polar surface area (TPSA) is 98.7 Å². The highest BCUT2D eigenvalue weighted by molar-refractivity contribution is 5.93. The van der Waals surface area contributed by atoms with E-state index in [2.05, 4.69) is 15.1 Å². The minimum absolute atomic E-state index is 0.150. The molecule has 0 spiro atoms. The van der Waals surface area contributed by atoms with Gasteiger partial charge in [-0.3, -0.25) is 19.0 Å². The molecule has 0 saturated carbocycles. The zero-order valence-electron chi connectivity index (χ0n) is 14.9. The molecule has 1 N–H and O–H groups in total. The van der Waals surface area contributed by atoms with E-state index in [0.717, 1.165) is 11.1 Å². The third kappa shape index (κ3) is 3.00. The lowest BCUT2D eigenvalue weighted by Crippen LogP contribution is -2.25. The molecule has 1 atom stereocenters. The van der Waals surface area contributed by atoms with Crippen LogP contribution in [0.15, 0.2) is 54.1 Å². The maximum absolute atomic E-state index is 13.0. The summed E-state index contributed by atoms with van der Waals surface area (Å²) in [5.41, 5.74) is 3.06. The number of fused-ring (bicyclic) bond motifs is 1. The van der Waals surface area contributed by atoms with E-state index < -0.39 is 0 Å². The van der Waals surface area contributed by atoms with E-state index in [1.54, 1.807) is 36.3 Å². The third-order valence-electron chi connectivity index (χ3n) is 4.44. The summed E-state index contributed by atoms with van der Waals surface area (Å²) in [4.78, 5) is 26.4. The van der Waals surface area contributed by atoms with Gasteiger partial charge in [-0.1, -0.05) is 0 Å². The fraction of sp³-hybridized carbons (Fsp3) is 0.211. The van der Waals surface area contributed by atoms with Gasteiger partial charge < -0.3 is 5.11 Å². The van der Waals surface area contributed by atoms with Gasteiger partial charge in [-0.25, -0.2) is 9.97 Å². The van der Waals surface area contributed by atoms with Crippen molar-refractivity contribution >= 4 is 10.9 Å². The zero-order chi connectivity index (χ0) is 19.0. The molecule has 4 aromatic heterocycles. The highest BCUT2D eigenvalue weighted by Gasteiger charge is 2.17. The molecule has 4 aromatic rings. The minimum atomic E-state index is -0.369. The highest BCUT2D eigenvalue weighted by atomic mass is 16.3. The number of pyridine rings is 2. The summed E-state index contributed by atoms with van der Waals surface area (Å²) in [6.45, 7) is 1.61. The molecule has 0 aliphatic rings. The average Bonchev–Trinajstić information content (AvgIpc) is 3.14. The maximum Gasteiger partial charge on any atom is 0.261 e. The van der Waals surface area contributed by atoms with Gasteiger partial charge in [0.05, 0.1) is 36.3 Å². The van der Waals surface area contributed by atoms with E-state index in [1.165, 1.54) is 10.9 Å². The SMILES string of the molecule is CC(CO)n1cnc2c(-c3cnn(C)c3)nc(-c3cccnc3)cc2c1=O. The Labute approximate surface area is 154 Å².